The van der Waals surface area contributed by atoms with Gasteiger partial charge in [-0.3, -0.25) is 4.79 Å². The highest BCUT2D eigenvalue weighted by molar-refractivity contribution is 5.81. The summed E-state index contributed by atoms with van der Waals surface area (Å²) in [5.74, 6) is 0.375. The van der Waals surface area contributed by atoms with Crippen LogP contribution in [0.15, 0.2) is 54.6 Å². The Labute approximate surface area is 157 Å². The number of piperidine rings is 1. The van der Waals surface area contributed by atoms with E-state index >= 15 is 0 Å². The van der Waals surface area contributed by atoms with E-state index in [1.807, 2.05) is 18.2 Å². The quantitative estimate of drug-likeness (QED) is 0.827. The van der Waals surface area contributed by atoms with Crippen LogP contribution in [0.2, 0.25) is 0 Å². The maximum atomic E-state index is 13.0. The minimum Gasteiger partial charge on any atom is -0.376 e. The lowest BCUT2D eigenvalue weighted by atomic mass is 9.90. The number of alkyl halides is 3. The molecule has 3 nitrogen and oxygen atoms in total. The van der Waals surface area contributed by atoms with Gasteiger partial charge in [-0.15, -0.1) is 0 Å². The maximum absolute atomic E-state index is 13.0. The molecule has 0 atom stereocenters. The molecule has 1 amide bonds. The van der Waals surface area contributed by atoms with E-state index in [0.717, 1.165) is 25.3 Å². The summed E-state index contributed by atoms with van der Waals surface area (Å²) in [6.45, 7) is 1.17. The van der Waals surface area contributed by atoms with Crippen molar-refractivity contribution in [3.8, 4) is 0 Å². The van der Waals surface area contributed by atoms with Gasteiger partial charge in [0.15, 0.2) is 0 Å². The molecule has 1 saturated heterocycles. The second-order valence-corrected chi connectivity index (χ2v) is 6.91. The number of benzene rings is 2. The zero-order chi connectivity index (χ0) is 19.3. The molecule has 1 aliphatic heterocycles. The first-order valence-corrected chi connectivity index (χ1v) is 9.15. The molecule has 0 saturated carbocycles. The van der Waals surface area contributed by atoms with Gasteiger partial charge >= 0.3 is 6.18 Å². The molecule has 3 rings (SSSR count). The molecule has 0 radical (unpaired) electrons. The van der Waals surface area contributed by atoms with E-state index in [1.54, 1.807) is 4.90 Å². The summed E-state index contributed by atoms with van der Waals surface area (Å²) in [6, 6.07) is 15.5. The number of likely N-dealkylation sites (tertiary alicyclic amines) is 1. The van der Waals surface area contributed by atoms with Crippen LogP contribution < -0.4 is 5.32 Å². The second kappa shape index (κ2) is 8.46. The highest BCUT2D eigenvalue weighted by Gasteiger charge is 2.33. The summed E-state index contributed by atoms with van der Waals surface area (Å²) in [5, 5.41) is 2.66. The smallest absolute Gasteiger partial charge is 0.376 e. The van der Waals surface area contributed by atoms with Gasteiger partial charge in [0.2, 0.25) is 5.91 Å². The van der Waals surface area contributed by atoms with Crippen LogP contribution in [0.5, 0.6) is 0 Å². The van der Waals surface area contributed by atoms with Crippen molar-refractivity contribution in [2.75, 3.05) is 25.0 Å². The van der Waals surface area contributed by atoms with Gasteiger partial charge in [0.1, 0.15) is 0 Å². The Morgan fingerprint density at radius 2 is 1.63 bits per heavy atom. The third-order valence-corrected chi connectivity index (χ3v) is 5.00. The molecule has 6 heteroatoms. The molecule has 1 aliphatic rings. The molecule has 27 heavy (non-hydrogen) atoms. The van der Waals surface area contributed by atoms with Crippen molar-refractivity contribution in [3.63, 3.8) is 0 Å². The van der Waals surface area contributed by atoms with Crippen molar-refractivity contribution < 1.29 is 18.0 Å². The van der Waals surface area contributed by atoms with E-state index in [0.29, 0.717) is 19.0 Å². The molecule has 144 valence electrons. The van der Waals surface area contributed by atoms with E-state index in [2.05, 4.69) is 17.4 Å². The molecule has 0 bridgehead atoms. The molecule has 0 spiro atoms. The van der Waals surface area contributed by atoms with Crippen LogP contribution in [-0.4, -0.2) is 30.4 Å². The summed E-state index contributed by atoms with van der Waals surface area (Å²) >= 11 is 0. The monoisotopic (exact) mass is 376 g/mol. The first-order valence-electron chi connectivity index (χ1n) is 9.15. The van der Waals surface area contributed by atoms with Gasteiger partial charge < -0.3 is 10.2 Å². The number of para-hydroxylation sites is 1. The minimum absolute atomic E-state index is 0.0580. The highest BCUT2D eigenvalue weighted by Crippen LogP contribution is 2.34. The number of anilines is 1. The van der Waals surface area contributed by atoms with Crippen LogP contribution in [0.4, 0.5) is 18.9 Å². The van der Waals surface area contributed by atoms with Crippen LogP contribution in [0.25, 0.3) is 0 Å². The van der Waals surface area contributed by atoms with Crippen molar-refractivity contribution in [1.29, 1.82) is 0 Å². The third-order valence-electron chi connectivity index (χ3n) is 5.00. The Morgan fingerprint density at radius 3 is 2.30 bits per heavy atom. The fraction of sp³-hybridized carbons (Fsp3) is 0.381. The average Bonchev–Trinajstić information content (AvgIpc) is 2.67. The highest BCUT2D eigenvalue weighted by atomic mass is 19.4. The Bertz CT molecular complexity index is 754. The lowest BCUT2D eigenvalue weighted by molar-refractivity contribution is -0.137. The van der Waals surface area contributed by atoms with Gasteiger partial charge in [0.05, 0.1) is 12.1 Å². The lowest BCUT2D eigenvalue weighted by Crippen LogP contribution is -2.41. The summed E-state index contributed by atoms with van der Waals surface area (Å²) in [6.07, 6.45) is -1.61. The number of carbonyl (C=O) groups excluding carboxylic acids is 1. The number of hydrogen-bond acceptors (Lipinski definition) is 2. The maximum Gasteiger partial charge on any atom is 0.418 e. The first kappa shape index (κ1) is 19.3. The number of halogens is 3. The number of amides is 1. The van der Waals surface area contributed by atoms with E-state index in [1.165, 1.54) is 23.8 Å². The van der Waals surface area contributed by atoms with Gasteiger partial charge in [-0.05, 0) is 42.9 Å². The van der Waals surface area contributed by atoms with E-state index in [-0.39, 0.29) is 18.1 Å². The summed E-state index contributed by atoms with van der Waals surface area (Å²) in [4.78, 5) is 14.1. The molecule has 1 fully saturated rings. The summed E-state index contributed by atoms with van der Waals surface area (Å²) in [5.41, 5.74) is 0.490. The van der Waals surface area contributed by atoms with Gasteiger partial charge in [-0.25, -0.2) is 0 Å². The standard InChI is InChI=1S/C21H23F3N2O/c22-21(23,24)18-8-4-5-9-19(18)25-15-20(27)26-12-10-17(11-13-26)14-16-6-2-1-3-7-16/h1-9,17,25H,10-15H2. The molecule has 2 aromatic rings. The Morgan fingerprint density at radius 1 is 1.00 bits per heavy atom. The molecule has 0 aromatic heterocycles. The predicted molar refractivity (Wildman–Crippen MR) is 99.4 cm³/mol. The number of nitrogens with zero attached hydrogens (tertiary/aromatic N) is 1. The van der Waals surface area contributed by atoms with Crippen LogP contribution in [0.1, 0.15) is 24.0 Å². The minimum atomic E-state index is -4.44. The molecular weight excluding hydrogens is 353 g/mol. The Kier molecular flexibility index (Phi) is 6.04. The summed E-state index contributed by atoms with van der Waals surface area (Å²) in [7, 11) is 0. The summed E-state index contributed by atoms with van der Waals surface area (Å²) < 4.78 is 39.0. The van der Waals surface area contributed by atoms with Crippen molar-refractivity contribution in [3.05, 3.63) is 65.7 Å². The van der Waals surface area contributed by atoms with E-state index in [4.69, 9.17) is 0 Å². The molecule has 1 heterocycles. The first-order chi connectivity index (χ1) is 12.9. The van der Waals surface area contributed by atoms with Crippen LogP contribution in [-0.2, 0) is 17.4 Å². The molecule has 0 unspecified atom stereocenters. The number of hydrogen-bond donors (Lipinski definition) is 1. The number of carbonyl (C=O) groups is 1. The van der Waals surface area contributed by atoms with Crippen molar-refractivity contribution in [2.24, 2.45) is 5.92 Å². The topological polar surface area (TPSA) is 32.3 Å². The van der Waals surface area contributed by atoms with Crippen molar-refractivity contribution in [1.82, 2.24) is 4.90 Å². The van der Waals surface area contributed by atoms with Crippen LogP contribution in [0, 0.1) is 5.92 Å². The van der Waals surface area contributed by atoms with Crippen LogP contribution in [0.3, 0.4) is 0 Å². The Balaban J connectivity index is 1.49. The fourth-order valence-corrected chi connectivity index (χ4v) is 3.50. The normalized spacial score (nSPS) is 15.6. The van der Waals surface area contributed by atoms with Crippen LogP contribution >= 0.6 is 0 Å². The van der Waals surface area contributed by atoms with Gasteiger partial charge in [0, 0.05) is 18.8 Å². The van der Waals surface area contributed by atoms with Gasteiger partial charge in [-0.2, -0.15) is 13.2 Å². The van der Waals surface area contributed by atoms with Gasteiger partial charge in [0.25, 0.3) is 0 Å². The van der Waals surface area contributed by atoms with Gasteiger partial charge in [-0.1, -0.05) is 42.5 Å². The van der Waals surface area contributed by atoms with E-state index in [9.17, 15) is 18.0 Å². The number of rotatable bonds is 5. The molecule has 1 N–H and O–H groups in total. The molecule has 2 aromatic carbocycles. The van der Waals surface area contributed by atoms with Crippen molar-refractivity contribution in [2.45, 2.75) is 25.4 Å². The molecule has 0 aliphatic carbocycles. The fourth-order valence-electron chi connectivity index (χ4n) is 3.50. The zero-order valence-electron chi connectivity index (χ0n) is 15.0. The lowest BCUT2D eigenvalue weighted by Gasteiger charge is -2.32. The van der Waals surface area contributed by atoms with Crippen molar-refractivity contribution >= 4 is 11.6 Å². The largest absolute Gasteiger partial charge is 0.418 e. The predicted octanol–water partition coefficient (Wildman–Crippen LogP) is 4.60. The average molecular weight is 376 g/mol. The SMILES string of the molecule is O=C(CNc1ccccc1C(F)(F)F)N1CCC(Cc2ccccc2)CC1. The van der Waals surface area contributed by atoms with E-state index < -0.39 is 11.7 Å². The zero-order valence-corrected chi connectivity index (χ0v) is 15.0. The second-order valence-electron chi connectivity index (χ2n) is 6.91. The third kappa shape index (κ3) is 5.25. The molecular formula is C21H23F3N2O. The number of nitrogens with one attached hydrogen (secondary N) is 1. The Hall–Kier alpha value is -2.50.